The highest BCUT2D eigenvalue weighted by Gasteiger charge is 2.26. The number of hydrogen-bond acceptors (Lipinski definition) is 3. The molecule has 1 rings (SSSR count). The Kier molecular flexibility index (Phi) is 8.86. The Hall–Kier alpha value is -0.610. The summed E-state index contributed by atoms with van der Waals surface area (Å²) in [5.74, 6) is 1.66. The zero-order valence-corrected chi connectivity index (χ0v) is 13.2. The molecule has 4 nitrogen and oxygen atoms in total. The van der Waals surface area contributed by atoms with Crippen molar-refractivity contribution in [2.75, 3.05) is 26.3 Å². The van der Waals surface area contributed by atoms with Crippen LogP contribution in [0.5, 0.6) is 0 Å². The number of amides is 1. The van der Waals surface area contributed by atoms with E-state index in [-0.39, 0.29) is 11.8 Å². The molecule has 2 atom stereocenters. The highest BCUT2D eigenvalue weighted by atomic mass is 16.5. The SMILES string of the molecule is CC(C)COCCCNC(=O)C1CCCC(CCN)C1. The van der Waals surface area contributed by atoms with E-state index in [1.54, 1.807) is 0 Å². The third-order valence-corrected chi connectivity index (χ3v) is 3.94. The van der Waals surface area contributed by atoms with E-state index in [0.717, 1.165) is 52.0 Å². The smallest absolute Gasteiger partial charge is 0.223 e. The molecule has 0 aromatic heterocycles. The fourth-order valence-corrected chi connectivity index (χ4v) is 2.88. The van der Waals surface area contributed by atoms with Gasteiger partial charge in [0.05, 0.1) is 0 Å². The highest BCUT2D eigenvalue weighted by Crippen LogP contribution is 2.30. The van der Waals surface area contributed by atoms with E-state index in [1.165, 1.54) is 12.8 Å². The molecule has 0 heterocycles. The van der Waals surface area contributed by atoms with E-state index in [4.69, 9.17) is 10.5 Å². The number of hydrogen-bond donors (Lipinski definition) is 2. The molecule has 3 N–H and O–H groups in total. The van der Waals surface area contributed by atoms with Gasteiger partial charge < -0.3 is 15.8 Å². The fraction of sp³-hybridized carbons (Fsp3) is 0.938. The van der Waals surface area contributed by atoms with Crippen LogP contribution in [0, 0.1) is 17.8 Å². The first-order valence-electron chi connectivity index (χ1n) is 8.19. The summed E-state index contributed by atoms with van der Waals surface area (Å²) in [5.41, 5.74) is 5.61. The third-order valence-electron chi connectivity index (χ3n) is 3.94. The van der Waals surface area contributed by atoms with Crippen LogP contribution in [0.4, 0.5) is 0 Å². The summed E-state index contributed by atoms with van der Waals surface area (Å²) in [5, 5.41) is 3.05. The van der Waals surface area contributed by atoms with E-state index in [2.05, 4.69) is 19.2 Å². The second-order valence-corrected chi connectivity index (χ2v) is 6.42. The fourth-order valence-electron chi connectivity index (χ4n) is 2.88. The van der Waals surface area contributed by atoms with Gasteiger partial charge in [-0.05, 0) is 44.1 Å². The summed E-state index contributed by atoms with van der Waals surface area (Å²) < 4.78 is 5.51. The van der Waals surface area contributed by atoms with E-state index in [0.29, 0.717) is 11.8 Å². The quantitative estimate of drug-likeness (QED) is 0.639. The third kappa shape index (κ3) is 7.25. The number of carbonyl (C=O) groups excluding carboxylic acids is 1. The largest absolute Gasteiger partial charge is 0.381 e. The average molecular weight is 284 g/mol. The summed E-state index contributed by atoms with van der Waals surface area (Å²) in [4.78, 5) is 12.1. The molecule has 20 heavy (non-hydrogen) atoms. The Morgan fingerprint density at radius 3 is 2.90 bits per heavy atom. The standard InChI is InChI=1S/C16H32N2O2/c1-13(2)12-20-10-4-9-18-16(19)15-6-3-5-14(11-15)7-8-17/h13-15H,3-12,17H2,1-2H3,(H,18,19). The number of nitrogens with two attached hydrogens (primary N) is 1. The van der Waals surface area contributed by atoms with Crippen molar-refractivity contribution in [2.45, 2.75) is 52.4 Å². The predicted molar refractivity (Wildman–Crippen MR) is 82.4 cm³/mol. The zero-order valence-electron chi connectivity index (χ0n) is 13.2. The molecule has 4 heteroatoms. The predicted octanol–water partition coefficient (Wildman–Crippen LogP) is 2.32. The van der Waals surface area contributed by atoms with Gasteiger partial charge in [-0.25, -0.2) is 0 Å². The van der Waals surface area contributed by atoms with Gasteiger partial charge >= 0.3 is 0 Å². The summed E-state index contributed by atoms with van der Waals surface area (Å²) in [6.07, 6.45) is 6.43. The number of nitrogens with one attached hydrogen (secondary N) is 1. The first-order valence-corrected chi connectivity index (χ1v) is 8.19. The summed E-state index contributed by atoms with van der Waals surface area (Å²) in [6.45, 7) is 7.29. The van der Waals surface area contributed by atoms with E-state index < -0.39 is 0 Å². The van der Waals surface area contributed by atoms with Crippen molar-refractivity contribution in [1.82, 2.24) is 5.32 Å². The highest BCUT2D eigenvalue weighted by molar-refractivity contribution is 5.78. The summed E-state index contributed by atoms with van der Waals surface area (Å²) in [6, 6.07) is 0. The Labute approximate surface area is 123 Å². The molecule has 0 aromatic carbocycles. The topological polar surface area (TPSA) is 64.3 Å². The molecular formula is C16H32N2O2. The van der Waals surface area contributed by atoms with Gasteiger partial charge in [0.25, 0.3) is 0 Å². The molecule has 0 saturated heterocycles. The summed E-state index contributed by atoms with van der Waals surface area (Å²) in [7, 11) is 0. The Balaban J connectivity index is 2.09. The molecule has 1 aliphatic carbocycles. The maximum Gasteiger partial charge on any atom is 0.223 e. The van der Waals surface area contributed by atoms with Gasteiger partial charge in [-0.15, -0.1) is 0 Å². The van der Waals surface area contributed by atoms with Gasteiger partial charge in [-0.2, -0.15) is 0 Å². The molecule has 0 bridgehead atoms. The molecule has 0 radical (unpaired) electrons. The number of rotatable bonds is 9. The van der Waals surface area contributed by atoms with Crippen LogP contribution in [0.25, 0.3) is 0 Å². The molecule has 0 aliphatic heterocycles. The van der Waals surface area contributed by atoms with Crippen molar-refractivity contribution < 1.29 is 9.53 Å². The van der Waals surface area contributed by atoms with Crippen LogP contribution in [0.2, 0.25) is 0 Å². The van der Waals surface area contributed by atoms with Crippen LogP contribution in [0.15, 0.2) is 0 Å². The molecule has 1 fully saturated rings. The number of carbonyl (C=O) groups is 1. The van der Waals surface area contributed by atoms with E-state index in [1.807, 2.05) is 0 Å². The van der Waals surface area contributed by atoms with Gasteiger partial charge in [-0.3, -0.25) is 4.79 Å². The lowest BCUT2D eigenvalue weighted by Crippen LogP contribution is -2.35. The molecule has 118 valence electrons. The Morgan fingerprint density at radius 1 is 1.40 bits per heavy atom. The van der Waals surface area contributed by atoms with Crippen LogP contribution < -0.4 is 11.1 Å². The van der Waals surface area contributed by atoms with Gasteiger partial charge in [0, 0.05) is 25.7 Å². The molecule has 1 saturated carbocycles. The molecule has 1 amide bonds. The van der Waals surface area contributed by atoms with E-state index >= 15 is 0 Å². The lowest BCUT2D eigenvalue weighted by molar-refractivity contribution is -0.126. The van der Waals surface area contributed by atoms with Gasteiger partial charge in [-0.1, -0.05) is 26.7 Å². The second kappa shape index (κ2) is 10.2. The molecule has 1 aliphatic rings. The van der Waals surface area contributed by atoms with Crippen molar-refractivity contribution in [3.05, 3.63) is 0 Å². The molecule has 0 aromatic rings. The van der Waals surface area contributed by atoms with Crippen molar-refractivity contribution >= 4 is 5.91 Å². The van der Waals surface area contributed by atoms with E-state index in [9.17, 15) is 4.79 Å². The monoisotopic (exact) mass is 284 g/mol. The maximum absolute atomic E-state index is 12.1. The van der Waals surface area contributed by atoms with Crippen molar-refractivity contribution in [2.24, 2.45) is 23.5 Å². The lowest BCUT2D eigenvalue weighted by atomic mass is 9.79. The molecule has 0 spiro atoms. The van der Waals surface area contributed by atoms with Crippen LogP contribution >= 0.6 is 0 Å². The maximum atomic E-state index is 12.1. The van der Waals surface area contributed by atoms with Crippen LogP contribution in [0.3, 0.4) is 0 Å². The average Bonchev–Trinajstić information content (AvgIpc) is 2.43. The first kappa shape index (κ1) is 17.4. The van der Waals surface area contributed by atoms with Gasteiger partial charge in [0.15, 0.2) is 0 Å². The molecular weight excluding hydrogens is 252 g/mol. The Bertz CT molecular complexity index is 267. The zero-order chi connectivity index (χ0) is 14.8. The minimum atomic E-state index is 0.205. The first-order chi connectivity index (χ1) is 9.63. The second-order valence-electron chi connectivity index (χ2n) is 6.42. The minimum absolute atomic E-state index is 0.205. The molecule has 2 unspecified atom stereocenters. The van der Waals surface area contributed by atoms with Crippen molar-refractivity contribution in [3.8, 4) is 0 Å². The van der Waals surface area contributed by atoms with Gasteiger partial charge in [0.2, 0.25) is 5.91 Å². The normalized spacial score (nSPS) is 23.0. The van der Waals surface area contributed by atoms with Crippen LogP contribution in [-0.2, 0) is 9.53 Å². The van der Waals surface area contributed by atoms with Crippen LogP contribution in [0.1, 0.15) is 52.4 Å². The van der Waals surface area contributed by atoms with Crippen molar-refractivity contribution in [3.63, 3.8) is 0 Å². The van der Waals surface area contributed by atoms with Crippen LogP contribution in [-0.4, -0.2) is 32.2 Å². The lowest BCUT2D eigenvalue weighted by Gasteiger charge is -2.28. The van der Waals surface area contributed by atoms with Crippen molar-refractivity contribution in [1.29, 1.82) is 0 Å². The number of ether oxygens (including phenoxy) is 1. The van der Waals surface area contributed by atoms with Gasteiger partial charge in [0.1, 0.15) is 0 Å². The Morgan fingerprint density at radius 2 is 2.20 bits per heavy atom. The summed E-state index contributed by atoms with van der Waals surface area (Å²) >= 11 is 0. The minimum Gasteiger partial charge on any atom is -0.381 e.